The molecule has 1 aliphatic carbocycles. The number of halogens is 1. The Morgan fingerprint density at radius 3 is 2.69 bits per heavy atom. The summed E-state index contributed by atoms with van der Waals surface area (Å²) in [4.78, 5) is 0. The van der Waals surface area contributed by atoms with E-state index in [-0.39, 0.29) is 5.92 Å². The van der Waals surface area contributed by atoms with Gasteiger partial charge in [0, 0.05) is 0 Å². The minimum absolute atomic E-state index is 0.284. The zero-order chi connectivity index (χ0) is 11.2. The van der Waals surface area contributed by atoms with Gasteiger partial charge in [0.1, 0.15) is 6.17 Å². The molecule has 1 saturated heterocycles. The largest absolute Gasteiger partial charge is 0.317 e. The maximum atomic E-state index is 14.4. The van der Waals surface area contributed by atoms with Crippen LogP contribution in [0.15, 0.2) is 11.6 Å². The molecule has 1 aliphatic heterocycles. The lowest BCUT2D eigenvalue weighted by Crippen LogP contribution is -2.33. The van der Waals surface area contributed by atoms with Gasteiger partial charge in [-0.3, -0.25) is 0 Å². The molecule has 1 unspecified atom stereocenters. The molecule has 2 aliphatic rings. The highest BCUT2D eigenvalue weighted by Gasteiger charge is 2.26. The molecule has 92 valence electrons. The highest BCUT2D eigenvalue weighted by molar-refractivity contribution is 5.11. The summed E-state index contributed by atoms with van der Waals surface area (Å²) in [5, 5.41) is 3.31. The van der Waals surface area contributed by atoms with E-state index in [1.54, 1.807) is 0 Å². The highest BCUT2D eigenvalue weighted by atomic mass is 19.1. The van der Waals surface area contributed by atoms with E-state index in [4.69, 9.17) is 0 Å². The summed E-state index contributed by atoms with van der Waals surface area (Å²) in [7, 11) is 0. The average molecular weight is 225 g/mol. The van der Waals surface area contributed by atoms with E-state index in [1.165, 1.54) is 25.7 Å². The molecule has 1 atom stereocenters. The fourth-order valence-corrected chi connectivity index (χ4v) is 2.91. The molecule has 0 amide bonds. The van der Waals surface area contributed by atoms with Crippen molar-refractivity contribution in [1.29, 1.82) is 0 Å². The predicted molar refractivity (Wildman–Crippen MR) is 66.3 cm³/mol. The molecule has 1 nitrogen and oxygen atoms in total. The number of alkyl halides is 1. The smallest absolute Gasteiger partial charge is 0.124 e. The molecule has 0 bridgehead atoms. The van der Waals surface area contributed by atoms with Crippen molar-refractivity contribution < 1.29 is 4.39 Å². The standard InChI is InChI=1S/C14H24FN/c15-14(13-8-10-16-11-9-13)12-6-4-2-1-3-5-7-12/h6,13-14,16H,1-5,7-11H2. The van der Waals surface area contributed by atoms with Crippen LogP contribution in [0.1, 0.15) is 51.4 Å². The van der Waals surface area contributed by atoms with Gasteiger partial charge in [-0.1, -0.05) is 18.9 Å². The van der Waals surface area contributed by atoms with Gasteiger partial charge in [-0.05, 0) is 63.1 Å². The molecule has 0 radical (unpaired) electrons. The summed E-state index contributed by atoms with van der Waals surface area (Å²) >= 11 is 0. The predicted octanol–water partition coefficient (Wildman–Crippen LogP) is 3.60. The Balaban J connectivity index is 1.92. The Hall–Kier alpha value is -0.370. The van der Waals surface area contributed by atoms with Crippen LogP contribution in [0.25, 0.3) is 0 Å². The molecule has 0 aromatic heterocycles. The van der Waals surface area contributed by atoms with E-state index in [9.17, 15) is 4.39 Å². The number of rotatable bonds is 2. The Labute approximate surface area is 98.5 Å². The maximum absolute atomic E-state index is 14.4. The average Bonchev–Trinajstić information content (AvgIpc) is 2.29. The van der Waals surface area contributed by atoms with E-state index in [0.29, 0.717) is 0 Å². The molecule has 1 fully saturated rings. The Bertz CT molecular complexity index is 231. The van der Waals surface area contributed by atoms with Crippen molar-refractivity contribution in [2.75, 3.05) is 13.1 Å². The monoisotopic (exact) mass is 225 g/mol. The molecule has 16 heavy (non-hydrogen) atoms. The quantitative estimate of drug-likeness (QED) is 0.708. The Morgan fingerprint density at radius 2 is 1.88 bits per heavy atom. The van der Waals surface area contributed by atoms with E-state index in [2.05, 4.69) is 11.4 Å². The van der Waals surface area contributed by atoms with Gasteiger partial charge in [0.25, 0.3) is 0 Å². The SMILES string of the molecule is FC(C1=CCCCCCC1)C1CCNCC1. The fourth-order valence-electron chi connectivity index (χ4n) is 2.91. The van der Waals surface area contributed by atoms with Crippen molar-refractivity contribution in [3.05, 3.63) is 11.6 Å². The van der Waals surface area contributed by atoms with Crippen LogP contribution in [0, 0.1) is 5.92 Å². The van der Waals surface area contributed by atoms with Crippen molar-refractivity contribution in [1.82, 2.24) is 5.32 Å². The third kappa shape index (κ3) is 3.31. The maximum Gasteiger partial charge on any atom is 0.124 e. The van der Waals surface area contributed by atoms with Crippen LogP contribution in [0.4, 0.5) is 4.39 Å². The summed E-state index contributed by atoms with van der Waals surface area (Å²) in [6.07, 6.45) is 10.7. The molecule has 0 aromatic rings. The van der Waals surface area contributed by atoms with Gasteiger partial charge in [0.15, 0.2) is 0 Å². The minimum atomic E-state index is -0.653. The molecule has 1 N–H and O–H groups in total. The number of hydrogen-bond acceptors (Lipinski definition) is 1. The summed E-state index contributed by atoms with van der Waals surface area (Å²) in [5.74, 6) is 0.284. The van der Waals surface area contributed by atoms with Gasteiger partial charge in [0.05, 0.1) is 0 Å². The van der Waals surface area contributed by atoms with E-state index < -0.39 is 6.17 Å². The summed E-state index contributed by atoms with van der Waals surface area (Å²) in [5.41, 5.74) is 1.12. The van der Waals surface area contributed by atoms with Gasteiger partial charge < -0.3 is 5.32 Å². The fraction of sp³-hybridized carbons (Fsp3) is 0.857. The van der Waals surface area contributed by atoms with Gasteiger partial charge >= 0.3 is 0 Å². The van der Waals surface area contributed by atoms with Crippen molar-refractivity contribution in [2.45, 2.75) is 57.5 Å². The van der Waals surface area contributed by atoms with Crippen LogP contribution in [0.3, 0.4) is 0 Å². The van der Waals surface area contributed by atoms with Gasteiger partial charge in [-0.25, -0.2) is 4.39 Å². The van der Waals surface area contributed by atoms with Crippen molar-refractivity contribution in [2.24, 2.45) is 5.92 Å². The van der Waals surface area contributed by atoms with E-state index in [1.807, 2.05) is 0 Å². The lowest BCUT2D eigenvalue weighted by atomic mass is 9.85. The van der Waals surface area contributed by atoms with E-state index >= 15 is 0 Å². The summed E-state index contributed by atoms with van der Waals surface area (Å²) in [6.45, 7) is 2.00. The lowest BCUT2D eigenvalue weighted by Gasteiger charge is -2.28. The van der Waals surface area contributed by atoms with Gasteiger partial charge in [-0.15, -0.1) is 0 Å². The Kier molecular flexibility index (Phi) is 4.83. The van der Waals surface area contributed by atoms with Crippen LogP contribution >= 0.6 is 0 Å². The number of nitrogens with one attached hydrogen (secondary N) is 1. The molecular formula is C14H24FN. The molecule has 2 rings (SSSR count). The molecule has 0 aromatic carbocycles. The summed E-state index contributed by atoms with van der Waals surface area (Å²) in [6, 6.07) is 0. The summed E-state index contributed by atoms with van der Waals surface area (Å²) < 4.78 is 14.4. The zero-order valence-corrected chi connectivity index (χ0v) is 10.2. The van der Waals surface area contributed by atoms with Gasteiger partial charge in [0.2, 0.25) is 0 Å². The number of hydrogen-bond donors (Lipinski definition) is 1. The van der Waals surface area contributed by atoms with Crippen LogP contribution in [-0.2, 0) is 0 Å². The second-order valence-electron chi connectivity index (χ2n) is 5.22. The van der Waals surface area contributed by atoms with Crippen LogP contribution in [-0.4, -0.2) is 19.3 Å². The lowest BCUT2D eigenvalue weighted by molar-refractivity contribution is 0.214. The Morgan fingerprint density at radius 1 is 1.12 bits per heavy atom. The van der Waals surface area contributed by atoms with Crippen LogP contribution in [0.5, 0.6) is 0 Å². The molecule has 1 heterocycles. The number of piperidine rings is 1. The van der Waals surface area contributed by atoms with Crippen LogP contribution in [0.2, 0.25) is 0 Å². The van der Waals surface area contributed by atoms with Crippen molar-refractivity contribution >= 4 is 0 Å². The third-order valence-electron chi connectivity index (χ3n) is 3.98. The first-order chi connectivity index (χ1) is 7.88. The molecule has 2 heteroatoms. The van der Waals surface area contributed by atoms with Crippen molar-refractivity contribution in [3.63, 3.8) is 0 Å². The van der Waals surface area contributed by atoms with Crippen molar-refractivity contribution in [3.8, 4) is 0 Å². The topological polar surface area (TPSA) is 12.0 Å². The molecule has 0 saturated carbocycles. The molecule has 0 spiro atoms. The second kappa shape index (κ2) is 6.39. The highest BCUT2D eigenvalue weighted by Crippen LogP contribution is 2.29. The first-order valence-corrected chi connectivity index (χ1v) is 6.91. The first kappa shape index (κ1) is 12.1. The third-order valence-corrected chi connectivity index (χ3v) is 3.98. The van der Waals surface area contributed by atoms with Crippen LogP contribution < -0.4 is 5.32 Å². The normalized spacial score (nSPS) is 26.7. The molecular weight excluding hydrogens is 201 g/mol. The number of allylic oxidation sites excluding steroid dienone is 2. The first-order valence-electron chi connectivity index (χ1n) is 6.91. The van der Waals surface area contributed by atoms with E-state index in [0.717, 1.165) is 44.3 Å². The minimum Gasteiger partial charge on any atom is -0.317 e. The van der Waals surface area contributed by atoms with Gasteiger partial charge in [-0.2, -0.15) is 0 Å². The zero-order valence-electron chi connectivity index (χ0n) is 10.2. The second-order valence-corrected chi connectivity index (χ2v) is 5.22.